The summed E-state index contributed by atoms with van der Waals surface area (Å²) in [6.45, 7) is 5.26. The summed E-state index contributed by atoms with van der Waals surface area (Å²) in [4.78, 5) is 29.9. The van der Waals surface area contributed by atoms with Crippen LogP contribution in [-0.4, -0.2) is 64.9 Å². The van der Waals surface area contributed by atoms with Crippen molar-refractivity contribution in [2.24, 2.45) is 11.8 Å². The van der Waals surface area contributed by atoms with E-state index in [-0.39, 0.29) is 23.8 Å². The van der Waals surface area contributed by atoms with Crippen molar-refractivity contribution >= 4 is 23.0 Å². The molecule has 25 heavy (non-hydrogen) atoms. The Morgan fingerprint density at radius 2 is 1.72 bits per heavy atom. The van der Waals surface area contributed by atoms with Gasteiger partial charge in [0.15, 0.2) is 5.78 Å². The lowest BCUT2D eigenvalue weighted by Crippen LogP contribution is -2.48. The Kier molecular flexibility index (Phi) is 4.69. The van der Waals surface area contributed by atoms with Gasteiger partial charge in [0, 0.05) is 19.1 Å². The van der Waals surface area contributed by atoms with E-state index in [4.69, 9.17) is 0 Å². The number of aliphatic hydroxyl groups is 1. The van der Waals surface area contributed by atoms with Crippen LogP contribution in [0.5, 0.6) is 0 Å². The van der Waals surface area contributed by atoms with Crippen molar-refractivity contribution in [2.45, 2.75) is 44.8 Å². The fraction of sp³-hybridized carbons (Fsp3) is 0.684. The Bertz CT molecular complexity index is 667. The summed E-state index contributed by atoms with van der Waals surface area (Å²) in [6, 6.07) is 3.79. The van der Waals surface area contributed by atoms with E-state index >= 15 is 0 Å². The molecule has 3 fully saturated rings. The first kappa shape index (κ1) is 17.2. The third-order valence-corrected chi connectivity index (χ3v) is 7.34. The van der Waals surface area contributed by atoms with Crippen LogP contribution >= 0.6 is 11.3 Å². The van der Waals surface area contributed by atoms with E-state index in [1.807, 2.05) is 4.90 Å². The standard InChI is InChI=1S/C19H26N2O3S/c1-12(22)17-4-5-18(25-17)19(24)21-10-13-8-15(20-6-2-3-7-20)16(23)9-14(13)11-21/h4-5,13-16,23H,2-3,6-11H2,1H3/t13-,14+,15-,16-/m1/s1. The Balaban J connectivity index is 1.43. The number of hydrogen-bond acceptors (Lipinski definition) is 5. The van der Waals surface area contributed by atoms with Gasteiger partial charge in [0.2, 0.25) is 0 Å². The van der Waals surface area contributed by atoms with Crippen molar-refractivity contribution in [1.29, 1.82) is 0 Å². The molecule has 1 aromatic rings. The number of carbonyl (C=O) groups excluding carboxylic acids is 2. The first-order valence-corrected chi connectivity index (χ1v) is 10.2. The second-order valence-electron chi connectivity index (χ2n) is 7.80. The normalized spacial score (nSPS) is 32.8. The molecule has 1 saturated carbocycles. The summed E-state index contributed by atoms with van der Waals surface area (Å²) >= 11 is 1.29. The molecule has 1 aliphatic carbocycles. The molecule has 2 saturated heterocycles. The molecule has 1 N–H and O–H groups in total. The molecule has 6 heteroatoms. The number of fused-ring (bicyclic) bond motifs is 1. The molecule has 0 radical (unpaired) electrons. The molecule has 136 valence electrons. The topological polar surface area (TPSA) is 60.9 Å². The molecule has 3 aliphatic rings. The van der Waals surface area contributed by atoms with Crippen molar-refractivity contribution in [3.8, 4) is 0 Å². The van der Waals surface area contributed by atoms with E-state index in [0.717, 1.165) is 39.0 Å². The van der Waals surface area contributed by atoms with Crippen molar-refractivity contribution < 1.29 is 14.7 Å². The monoisotopic (exact) mass is 362 g/mol. The Hall–Kier alpha value is -1.24. The zero-order valence-corrected chi connectivity index (χ0v) is 15.5. The number of rotatable bonds is 3. The fourth-order valence-electron chi connectivity index (χ4n) is 4.84. The highest BCUT2D eigenvalue weighted by Crippen LogP contribution is 2.39. The van der Waals surface area contributed by atoms with Crippen LogP contribution in [0.4, 0.5) is 0 Å². The molecule has 4 atom stereocenters. The van der Waals surface area contributed by atoms with Crippen molar-refractivity contribution in [3.05, 3.63) is 21.9 Å². The number of Topliss-reactive ketones (excluding diaryl/α,β-unsaturated/α-hetero) is 1. The SMILES string of the molecule is CC(=O)c1ccc(C(=O)N2C[C@H]3C[C@@H](N4CCCC4)[C@H](O)C[C@H]3C2)s1. The minimum atomic E-state index is -0.263. The van der Waals surface area contributed by atoms with Gasteiger partial charge in [-0.25, -0.2) is 0 Å². The number of aliphatic hydroxyl groups excluding tert-OH is 1. The predicted molar refractivity (Wildman–Crippen MR) is 97.0 cm³/mol. The number of likely N-dealkylation sites (tertiary alicyclic amines) is 2. The van der Waals surface area contributed by atoms with Crippen LogP contribution in [0.2, 0.25) is 0 Å². The van der Waals surface area contributed by atoms with E-state index < -0.39 is 0 Å². The van der Waals surface area contributed by atoms with Gasteiger partial charge in [0.05, 0.1) is 15.9 Å². The minimum Gasteiger partial charge on any atom is -0.391 e. The lowest BCUT2D eigenvalue weighted by Gasteiger charge is -2.40. The van der Waals surface area contributed by atoms with E-state index in [2.05, 4.69) is 4.90 Å². The average molecular weight is 362 g/mol. The van der Waals surface area contributed by atoms with Gasteiger partial charge in [0.1, 0.15) is 0 Å². The zero-order chi connectivity index (χ0) is 17.6. The van der Waals surface area contributed by atoms with Crippen LogP contribution in [0, 0.1) is 11.8 Å². The van der Waals surface area contributed by atoms with Gasteiger partial charge in [0.25, 0.3) is 5.91 Å². The first-order chi connectivity index (χ1) is 12.0. The van der Waals surface area contributed by atoms with Crippen LogP contribution < -0.4 is 0 Å². The summed E-state index contributed by atoms with van der Waals surface area (Å²) in [7, 11) is 0. The smallest absolute Gasteiger partial charge is 0.263 e. The molecule has 0 spiro atoms. The maximum absolute atomic E-state index is 12.8. The zero-order valence-electron chi connectivity index (χ0n) is 14.7. The molecule has 2 aliphatic heterocycles. The van der Waals surface area contributed by atoms with Gasteiger partial charge >= 0.3 is 0 Å². The van der Waals surface area contributed by atoms with Crippen molar-refractivity contribution in [1.82, 2.24) is 9.80 Å². The van der Waals surface area contributed by atoms with Crippen molar-refractivity contribution in [2.75, 3.05) is 26.2 Å². The van der Waals surface area contributed by atoms with E-state index in [0.29, 0.717) is 21.6 Å². The first-order valence-electron chi connectivity index (χ1n) is 9.35. The highest BCUT2D eigenvalue weighted by atomic mass is 32.1. The van der Waals surface area contributed by atoms with Crippen LogP contribution in [0.3, 0.4) is 0 Å². The third-order valence-electron chi connectivity index (χ3n) is 6.17. The van der Waals surface area contributed by atoms with E-state index in [9.17, 15) is 14.7 Å². The largest absolute Gasteiger partial charge is 0.391 e. The van der Waals surface area contributed by atoms with Crippen LogP contribution in [0.25, 0.3) is 0 Å². The lowest BCUT2D eigenvalue weighted by atomic mass is 9.77. The Labute approximate surface area is 152 Å². The molecule has 1 aromatic heterocycles. The maximum atomic E-state index is 12.8. The van der Waals surface area contributed by atoms with E-state index in [1.54, 1.807) is 12.1 Å². The van der Waals surface area contributed by atoms with Crippen LogP contribution in [0.15, 0.2) is 12.1 Å². The summed E-state index contributed by atoms with van der Waals surface area (Å²) in [6.07, 6.45) is 4.01. The molecule has 0 bridgehead atoms. The van der Waals surface area contributed by atoms with Gasteiger partial charge in [-0.3, -0.25) is 14.5 Å². The van der Waals surface area contributed by atoms with Crippen LogP contribution in [0.1, 0.15) is 52.0 Å². The second kappa shape index (κ2) is 6.82. The summed E-state index contributed by atoms with van der Waals surface area (Å²) in [5.41, 5.74) is 0. The third kappa shape index (κ3) is 3.27. The molecular formula is C19H26N2O3S. The van der Waals surface area contributed by atoms with Gasteiger partial charge in [-0.05, 0) is 69.7 Å². The molecule has 5 nitrogen and oxygen atoms in total. The maximum Gasteiger partial charge on any atom is 0.263 e. The van der Waals surface area contributed by atoms with Gasteiger partial charge < -0.3 is 10.0 Å². The Morgan fingerprint density at radius 1 is 1.08 bits per heavy atom. The highest BCUT2D eigenvalue weighted by Gasteiger charge is 2.45. The predicted octanol–water partition coefficient (Wildman–Crippen LogP) is 2.26. The van der Waals surface area contributed by atoms with Gasteiger partial charge in [-0.2, -0.15) is 0 Å². The average Bonchev–Trinajstić information content (AvgIpc) is 3.32. The number of hydrogen-bond donors (Lipinski definition) is 1. The lowest BCUT2D eigenvalue weighted by molar-refractivity contribution is -0.000865. The van der Waals surface area contributed by atoms with Crippen molar-refractivity contribution in [3.63, 3.8) is 0 Å². The number of carbonyl (C=O) groups is 2. The highest BCUT2D eigenvalue weighted by molar-refractivity contribution is 7.15. The minimum absolute atomic E-state index is 0.00992. The fourth-order valence-corrected chi connectivity index (χ4v) is 5.71. The molecule has 4 rings (SSSR count). The summed E-state index contributed by atoms with van der Waals surface area (Å²) < 4.78 is 0. The second-order valence-corrected chi connectivity index (χ2v) is 8.88. The molecular weight excluding hydrogens is 336 g/mol. The number of nitrogens with zero attached hydrogens (tertiary/aromatic N) is 2. The van der Waals surface area contributed by atoms with Crippen LogP contribution in [-0.2, 0) is 0 Å². The number of thiophene rings is 1. The number of amides is 1. The molecule has 3 heterocycles. The Morgan fingerprint density at radius 3 is 2.36 bits per heavy atom. The quantitative estimate of drug-likeness (QED) is 0.838. The number of ketones is 1. The molecule has 0 unspecified atom stereocenters. The molecule has 1 amide bonds. The van der Waals surface area contributed by atoms with Gasteiger partial charge in [-0.15, -0.1) is 11.3 Å². The summed E-state index contributed by atoms with van der Waals surface area (Å²) in [5.74, 6) is 0.949. The van der Waals surface area contributed by atoms with E-state index in [1.165, 1.54) is 31.1 Å². The van der Waals surface area contributed by atoms with Gasteiger partial charge in [-0.1, -0.05) is 0 Å². The summed E-state index contributed by atoms with van der Waals surface area (Å²) in [5, 5.41) is 10.6. The molecule has 0 aromatic carbocycles.